The molecule has 0 saturated heterocycles. The molecular formula is C23H23N5O2. The van der Waals surface area contributed by atoms with Gasteiger partial charge in [0.05, 0.1) is 6.54 Å². The second-order valence-corrected chi connectivity index (χ2v) is 7.96. The lowest BCUT2D eigenvalue weighted by Gasteiger charge is -2.32. The Morgan fingerprint density at radius 3 is 2.33 bits per heavy atom. The molecule has 7 nitrogen and oxygen atoms in total. The Labute approximate surface area is 173 Å². The predicted octanol–water partition coefficient (Wildman–Crippen LogP) is 2.73. The predicted molar refractivity (Wildman–Crippen MR) is 117 cm³/mol. The fraction of sp³-hybridized carbons (Fsp3) is 0.261. The summed E-state index contributed by atoms with van der Waals surface area (Å²) in [6, 6.07) is 19.6. The molecule has 0 saturated carbocycles. The largest absolute Gasteiger partial charge is 0.332 e. The Morgan fingerprint density at radius 2 is 1.63 bits per heavy atom. The summed E-state index contributed by atoms with van der Waals surface area (Å²) in [5.41, 5.74) is 2.20. The molecule has 1 aliphatic heterocycles. The molecule has 152 valence electrons. The summed E-state index contributed by atoms with van der Waals surface area (Å²) in [5, 5.41) is 0. The number of rotatable bonds is 3. The van der Waals surface area contributed by atoms with Gasteiger partial charge in [-0.05, 0) is 23.6 Å². The highest BCUT2D eigenvalue weighted by Gasteiger charge is 2.29. The van der Waals surface area contributed by atoms with E-state index in [-0.39, 0.29) is 17.8 Å². The van der Waals surface area contributed by atoms with Gasteiger partial charge in [-0.15, -0.1) is 0 Å². The molecule has 0 fully saturated rings. The van der Waals surface area contributed by atoms with Gasteiger partial charge in [0.1, 0.15) is 0 Å². The standard InChI is InChI=1S/C23H23N5O2/c1-16-13-26(18-11-7-4-8-12-18)22-24-20-19(27(22)14-16)21(29)28(23(30)25(20)2)15-17-9-5-3-6-10-17/h3-12,16H,13-15H2,1-2H3/t16-/m1/s1. The van der Waals surface area contributed by atoms with Crippen molar-refractivity contribution in [3.05, 3.63) is 87.1 Å². The summed E-state index contributed by atoms with van der Waals surface area (Å²) in [6.07, 6.45) is 0. The molecule has 3 heterocycles. The lowest BCUT2D eigenvalue weighted by molar-refractivity contribution is 0.458. The van der Waals surface area contributed by atoms with Crippen molar-refractivity contribution in [1.82, 2.24) is 18.7 Å². The van der Waals surface area contributed by atoms with Crippen LogP contribution in [0.25, 0.3) is 11.2 Å². The number of hydrogen-bond donors (Lipinski definition) is 0. The van der Waals surface area contributed by atoms with Crippen LogP contribution in [0.1, 0.15) is 12.5 Å². The van der Waals surface area contributed by atoms with Crippen LogP contribution in [-0.2, 0) is 20.1 Å². The highest BCUT2D eigenvalue weighted by atomic mass is 16.2. The molecule has 4 aromatic rings. The molecule has 1 aliphatic rings. The van der Waals surface area contributed by atoms with Crippen molar-refractivity contribution < 1.29 is 0 Å². The van der Waals surface area contributed by atoms with E-state index < -0.39 is 0 Å². The van der Waals surface area contributed by atoms with Crippen molar-refractivity contribution in [1.29, 1.82) is 0 Å². The van der Waals surface area contributed by atoms with Gasteiger partial charge in [0.2, 0.25) is 5.95 Å². The summed E-state index contributed by atoms with van der Waals surface area (Å²) >= 11 is 0. The van der Waals surface area contributed by atoms with Crippen LogP contribution in [0.4, 0.5) is 11.6 Å². The van der Waals surface area contributed by atoms with Crippen molar-refractivity contribution in [2.45, 2.75) is 20.0 Å². The molecule has 0 spiro atoms. The van der Waals surface area contributed by atoms with Gasteiger partial charge in [0.25, 0.3) is 5.56 Å². The van der Waals surface area contributed by atoms with E-state index in [1.54, 1.807) is 7.05 Å². The van der Waals surface area contributed by atoms with E-state index >= 15 is 0 Å². The Morgan fingerprint density at radius 1 is 0.967 bits per heavy atom. The quantitative estimate of drug-likeness (QED) is 0.530. The first-order valence-electron chi connectivity index (χ1n) is 10.1. The number of aryl methyl sites for hydroxylation is 1. The van der Waals surface area contributed by atoms with E-state index in [1.165, 1.54) is 9.13 Å². The van der Waals surface area contributed by atoms with Gasteiger partial charge in [-0.2, -0.15) is 4.98 Å². The van der Waals surface area contributed by atoms with Gasteiger partial charge >= 0.3 is 5.69 Å². The number of anilines is 2. The molecule has 0 bridgehead atoms. The molecule has 2 aromatic heterocycles. The summed E-state index contributed by atoms with van der Waals surface area (Å²) in [4.78, 5) is 33.3. The first-order valence-corrected chi connectivity index (χ1v) is 10.1. The number of para-hydroxylation sites is 1. The van der Waals surface area contributed by atoms with Crippen LogP contribution in [-0.4, -0.2) is 25.2 Å². The third kappa shape index (κ3) is 2.85. The molecule has 0 amide bonds. The molecular weight excluding hydrogens is 378 g/mol. The summed E-state index contributed by atoms with van der Waals surface area (Å²) in [6.45, 7) is 3.89. The topological polar surface area (TPSA) is 65.1 Å². The van der Waals surface area contributed by atoms with Crippen molar-refractivity contribution in [3.8, 4) is 0 Å². The summed E-state index contributed by atoms with van der Waals surface area (Å²) in [7, 11) is 1.68. The van der Waals surface area contributed by atoms with E-state index in [0.29, 0.717) is 29.6 Å². The van der Waals surface area contributed by atoms with Crippen LogP contribution in [0.3, 0.4) is 0 Å². The molecule has 2 aromatic carbocycles. The number of fused-ring (bicyclic) bond motifs is 3. The fourth-order valence-electron chi connectivity index (χ4n) is 4.24. The Bertz CT molecular complexity index is 1340. The molecule has 7 heteroatoms. The third-order valence-electron chi connectivity index (χ3n) is 5.69. The van der Waals surface area contributed by atoms with Crippen LogP contribution < -0.4 is 16.1 Å². The molecule has 0 N–H and O–H groups in total. The minimum Gasteiger partial charge on any atom is -0.312 e. The number of nitrogens with zero attached hydrogens (tertiary/aromatic N) is 5. The van der Waals surface area contributed by atoms with Crippen molar-refractivity contribution >= 4 is 22.8 Å². The zero-order chi connectivity index (χ0) is 20.8. The average Bonchev–Trinajstić information content (AvgIpc) is 3.15. The van der Waals surface area contributed by atoms with Crippen LogP contribution in [0.15, 0.2) is 70.3 Å². The van der Waals surface area contributed by atoms with Crippen LogP contribution in [0, 0.1) is 5.92 Å². The number of hydrogen-bond acceptors (Lipinski definition) is 4. The molecule has 0 unspecified atom stereocenters. The van der Waals surface area contributed by atoms with Gasteiger partial charge in [-0.25, -0.2) is 4.79 Å². The van der Waals surface area contributed by atoms with Gasteiger partial charge < -0.3 is 9.47 Å². The Hall–Kier alpha value is -3.61. The molecule has 0 radical (unpaired) electrons. The molecule has 0 aliphatic carbocycles. The first kappa shape index (κ1) is 18.4. The smallest absolute Gasteiger partial charge is 0.312 e. The summed E-state index contributed by atoms with van der Waals surface area (Å²) < 4.78 is 4.76. The first-order chi connectivity index (χ1) is 14.5. The van der Waals surface area contributed by atoms with Crippen LogP contribution in [0.5, 0.6) is 0 Å². The fourth-order valence-corrected chi connectivity index (χ4v) is 4.24. The second kappa shape index (κ2) is 7.02. The Balaban J connectivity index is 1.74. The lowest BCUT2D eigenvalue weighted by atomic mass is 10.1. The lowest BCUT2D eigenvalue weighted by Crippen LogP contribution is -2.40. The maximum Gasteiger partial charge on any atom is 0.332 e. The van der Waals surface area contributed by atoms with Gasteiger partial charge in [0.15, 0.2) is 11.2 Å². The van der Waals surface area contributed by atoms with Gasteiger partial charge in [-0.3, -0.25) is 13.9 Å². The normalized spacial score (nSPS) is 16.1. The highest BCUT2D eigenvalue weighted by molar-refractivity contribution is 5.77. The van der Waals surface area contributed by atoms with E-state index in [1.807, 2.05) is 65.2 Å². The monoisotopic (exact) mass is 401 g/mol. The number of imidazole rings is 1. The van der Waals surface area contributed by atoms with E-state index in [9.17, 15) is 9.59 Å². The maximum atomic E-state index is 13.5. The zero-order valence-electron chi connectivity index (χ0n) is 17.0. The van der Waals surface area contributed by atoms with Crippen LogP contribution in [0.2, 0.25) is 0 Å². The Kier molecular flexibility index (Phi) is 4.31. The highest BCUT2D eigenvalue weighted by Crippen LogP contribution is 2.32. The SMILES string of the molecule is C[C@@H]1CN(c2ccccc2)c2nc3c(c(=O)n(Cc4ccccc4)c(=O)n3C)n2C1. The van der Waals surface area contributed by atoms with Gasteiger partial charge in [0, 0.05) is 25.8 Å². The average molecular weight is 401 g/mol. The zero-order valence-corrected chi connectivity index (χ0v) is 17.0. The molecule has 5 rings (SSSR count). The van der Waals surface area contributed by atoms with Crippen LogP contribution >= 0.6 is 0 Å². The van der Waals surface area contributed by atoms with Crippen molar-refractivity contribution in [2.75, 3.05) is 11.4 Å². The minimum atomic E-state index is -0.355. The maximum absolute atomic E-state index is 13.5. The number of aromatic nitrogens is 4. The van der Waals surface area contributed by atoms with Gasteiger partial charge in [-0.1, -0.05) is 55.5 Å². The van der Waals surface area contributed by atoms with Crippen molar-refractivity contribution in [2.24, 2.45) is 13.0 Å². The van der Waals surface area contributed by atoms with E-state index in [4.69, 9.17) is 4.98 Å². The van der Waals surface area contributed by atoms with E-state index in [2.05, 4.69) is 11.8 Å². The second-order valence-electron chi connectivity index (χ2n) is 7.96. The summed E-state index contributed by atoms with van der Waals surface area (Å²) in [5.74, 6) is 1.04. The molecule has 1 atom stereocenters. The minimum absolute atomic E-state index is 0.237. The third-order valence-corrected chi connectivity index (χ3v) is 5.69. The van der Waals surface area contributed by atoms with E-state index in [0.717, 1.165) is 17.8 Å². The molecule has 30 heavy (non-hydrogen) atoms. The number of benzene rings is 2. The van der Waals surface area contributed by atoms with Crippen molar-refractivity contribution in [3.63, 3.8) is 0 Å².